The Balaban J connectivity index is 2.02. The molecule has 0 aromatic heterocycles. The molecule has 1 atom stereocenters. The van der Waals surface area contributed by atoms with Crippen LogP contribution in [0.1, 0.15) is 23.2 Å². The first-order chi connectivity index (χ1) is 8.97. The van der Waals surface area contributed by atoms with Gasteiger partial charge < -0.3 is 10.1 Å². The Morgan fingerprint density at radius 1 is 1.47 bits per heavy atom. The topological polar surface area (TPSA) is 72.5 Å². The Morgan fingerprint density at radius 2 is 2.26 bits per heavy atom. The monoisotopic (exact) mass is 283 g/mol. The van der Waals surface area contributed by atoms with Gasteiger partial charge >= 0.3 is 0 Å². The number of nitrogens with one attached hydrogen (secondary N) is 1. The molecular formula is C13H17NO4S. The molecule has 19 heavy (non-hydrogen) atoms. The van der Waals surface area contributed by atoms with Gasteiger partial charge in [-0.2, -0.15) is 0 Å². The van der Waals surface area contributed by atoms with Crippen molar-refractivity contribution in [2.45, 2.75) is 23.8 Å². The van der Waals surface area contributed by atoms with Gasteiger partial charge in [0.15, 0.2) is 9.84 Å². The van der Waals surface area contributed by atoms with Gasteiger partial charge in [0, 0.05) is 25.0 Å². The van der Waals surface area contributed by atoms with Crippen LogP contribution in [0.15, 0.2) is 29.2 Å². The van der Waals surface area contributed by atoms with Crippen molar-refractivity contribution >= 4 is 15.7 Å². The third kappa shape index (κ3) is 3.78. The minimum absolute atomic E-state index is 0.0713. The lowest BCUT2D eigenvalue weighted by atomic mass is 10.2. The molecule has 0 unspecified atom stereocenters. The van der Waals surface area contributed by atoms with E-state index in [0.717, 1.165) is 25.7 Å². The number of hydrogen-bond acceptors (Lipinski definition) is 4. The normalized spacial score (nSPS) is 19.3. The van der Waals surface area contributed by atoms with Crippen molar-refractivity contribution < 1.29 is 17.9 Å². The molecule has 1 aliphatic heterocycles. The fourth-order valence-corrected chi connectivity index (χ4v) is 2.65. The first-order valence-corrected chi connectivity index (χ1v) is 8.06. The summed E-state index contributed by atoms with van der Waals surface area (Å²) in [5.74, 6) is -0.277. The summed E-state index contributed by atoms with van der Waals surface area (Å²) in [6.45, 7) is 1.20. The SMILES string of the molecule is CS(=O)(=O)c1cccc(C(=O)NC[C@H]2CCCO2)c1. The number of amides is 1. The van der Waals surface area contributed by atoms with E-state index in [-0.39, 0.29) is 16.9 Å². The summed E-state index contributed by atoms with van der Waals surface area (Å²) in [5.41, 5.74) is 0.348. The van der Waals surface area contributed by atoms with E-state index in [4.69, 9.17) is 4.74 Å². The number of carbonyl (C=O) groups excluding carboxylic acids is 1. The van der Waals surface area contributed by atoms with Crippen LogP contribution in [-0.2, 0) is 14.6 Å². The van der Waals surface area contributed by atoms with E-state index in [1.807, 2.05) is 0 Å². The zero-order chi connectivity index (χ0) is 13.9. The molecule has 1 saturated heterocycles. The van der Waals surface area contributed by atoms with Crippen molar-refractivity contribution in [1.29, 1.82) is 0 Å². The van der Waals surface area contributed by atoms with Crippen LogP contribution < -0.4 is 5.32 Å². The van der Waals surface area contributed by atoms with Crippen LogP contribution in [0.5, 0.6) is 0 Å². The van der Waals surface area contributed by atoms with Gasteiger partial charge in [-0.25, -0.2) is 8.42 Å². The van der Waals surface area contributed by atoms with Gasteiger partial charge in [-0.05, 0) is 31.0 Å². The van der Waals surface area contributed by atoms with Gasteiger partial charge in [-0.3, -0.25) is 4.79 Å². The summed E-state index contributed by atoms with van der Waals surface area (Å²) in [5, 5.41) is 2.76. The Bertz CT molecular complexity index is 562. The molecule has 2 rings (SSSR count). The van der Waals surface area contributed by atoms with Crippen molar-refractivity contribution in [3.05, 3.63) is 29.8 Å². The molecule has 1 fully saturated rings. The minimum Gasteiger partial charge on any atom is -0.376 e. The summed E-state index contributed by atoms with van der Waals surface area (Å²) in [6.07, 6.45) is 3.16. The number of carbonyl (C=O) groups is 1. The van der Waals surface area contributed by atoms with Gasteiger partial charge in [0.05, 0.1) is 11.0 Å². The van der Waals surface area contributed by atoms with Crippen molar-refractivity contribution in [2.24, 2.45) is 0 Å². The van der Waals surface area contributed by atoms with Crippen molar-refractivity contribution in [1.82, 2.24) is 5.32 Å². The van der Waals surface area contributed by atoms with Crippen molar-refractivity contribution in [2.75, 3.05) is 19.4 Å². The third-order valence-electron chi connectivity index (χ3n) is 3.04. The fraction of sp³-hybridized carbons (Fsp3) is 0.462. The van der Waals surface area contributed by atoms with E-state index in [2.05, 4.69) is 5.32 Å². The predicted molar refractivity (Wildman–Crippen MR) is 70.9 cm³/mol. The summed E-state index contributed by atoms with van der Waals surface area (Å²) < 4.78 is 28.3. The van der Waals surface area contributed by atoms with E-state index in [1.54, 1.807) is 12.1 Å². The van der Waals surface area contributed by atoms with Gasteiger partial charge in [0.2, 0.25) is 0 Å². The predicted octanol–water partition coefficient (Wildman–Crippen LogP) is 0.999. The van der Waals surface area contributed by atoms with Crippen LogP contribution in [0.3, 0.4) is 0 Å². The van der Waals surface area contributed by atoms with E-state index >= 15 is 0 Å². The standard InChI is InChI=1S/C13H17NO4S/c1-19(16,17)12-6-2-4-10(8-12)13(15)14-9-11-5-3-7-18-11/h2,4,6,8,11H,3,5,7,9H2,1H3,(H,14,15)/t11-/m1/s1. The van der Waals surface area contributed by atoms with E-state index in [9.17, 15) is 13.2 Å². The third-order valence-corrected chi connectivity index (χ3v) is 4.15. The maximum atomic E-state index is 11.9. The summed E-state index contributed by atoms with van der Waals surface area (Å²) >= 11 is 0. The van der Waals surface area contributed by atoms with Crippen LogP contribution in [0, 0.1) is 0 Å². The highest BCUT2D eigenvalue weighted by Gasteiger charge is 2.17. The van der Waals surface area contributed by atoms with Gasteiger partial charge in [-0.1, -0.05) is 6.07 Å². The number of rotatable bonds is 4. The second kappa shape index (κ2) is 5.71. The lowest BCUT2D eigenvalue weighted by Crippen LogP contribution is -2.31. The molecule has 0 bridgehead atoms. The van der Waals surface area contributed by atoms with Gasteiger partial charge in [0.1, 0.15) is 0 Å². The first-order valence-electron chi connectivity index (χ1n) is 6.17. The molecule has 1 aromatic rings. The molecule has 1 aromatic carbocycles. The lowest BCUT2D eigenvalue weighted by Gasteiger charge is -2.11. The highest BCUT2D eigenvalue weighted by molar-refractivity contribution is 7.90. The molecule has 0 radical (unpaired) electrons. The van der Waals surface area contributed by atoms with Crippen molar-refractivity contribution in [3.8, 4) is 0 Å². The highest BCUT2D eigenvalue weighted by Crippen LogP contribution is 2.13. The molecule has 0 aliphatic carbocycles. The molecule has 0 spiro atoms. The summed E-state index contributed by atoms with van der Waals surface area (Å²) in [7, 11) is -3.29. The molecule has 1 N–H and O–H groups in total. The fourth-order valence-electron chi connectivity index (χ4n) is 1.98. The molecule has 104 valence electrons. The second-order valence-corrected chi connectivity index (χ2v) is 6.66. The van der Waals surface area contributed by atoms with Crippen LogP contribution in [0.4, 0.5) is 0 Å². The zero-order valence-corrected chi connectivity index (χ0v) is 11.6. The second-order valence-electron chi connectivity index (χ2n) is 4.65. The number of ether oxygens (including phenoxy) is 1. The van der Waals surface area contributed by atoms with Gasteiger partial charge in [0.25, 0.3) is 5.91 Å². The molecule has 1 aliphatic rings. The van der Waals surface area contributed by atoms with E-state index < -0.39 is 9.84 Å². The first kappa shape index (κ1) is 14.0. The lowest BCUT2D eigenvalue weighted by molar-refractivity contribution is 0.0857. The number of benzene rings is 1. The highest BCUT2D eigenvalue weighted by atomic mass is 32.2. The maximum absolute atomic E-state index is 11.9. The Kier molecular flexibility index (Phi) is 4.21. The largest absolute Gasteiger partial charge is 0.376 e. The van der Waals surface area contributed by atoms with Crippen LogP contribution in [-0.4, -0.2) is 39.8 Å². The quantitative estimate of drug-likeness (QED) is 0.894. The molecule has 0 saturated carbocycles. The van der Waals surface area contributed by atoms with E-state index in [0.29, 0.717) is 12.1 Å². The molecule has 5 nitrogen and oxygen atoms in total. The zero-order valence-electron chi connectivity index (χ0n) is 10.8. The molecular weight excluding hydrogens is 266 g/mol. The van der Waals surface area contributed by atoms with Crippen LogP contribution in [0.25, 0.3) is 0 Å². The average Bonchev–Trinajstić information content (AvgIpc) is 2.88. The molecule has 6 heteroatoms. The molecule has 1 amide bonds. The number of sulfone groups is 1. The number of hydrogen-bond donors (Lipinski definition) is 1. The Hall–Kier alpha value is -1.40. The van der Waals surface area contributed by atoms with Crippen LogP contribution >= 0.6 is 0 Å². The summed E-state index contributed by atoms with van der Waals surface area (Å²) in [4.78, 5) is 12.1. The van der Waals surface area contributed by atoms with Gasteiger partial charge in [-0.15, -0.1) is 0 Å². The van der Waals surface area contributed by atoms with E-state index in [1.165, 1.54) is 12.1 Å². The minimum atomic E-state index is -3.29. The maximum Gasteiger partial charge on any atom is 0.251 e. The molecule has 1 heterocycles. The summed E-state index contributed by atoms with van der Waals surface area (Å²) in [6, 6.07) is 6.03. The Morgan fingerprint density at radius 3 is 2.89 bits per heavy atom. The van der Waals surface area contributed by atoms with Crippen LogP contribution in [0.2, 0.25) is 0 Å². The smallest absolute Gasteiger partial charge is 0.251 e. The van der Waals surface area contributed by atoms with Crippen molar-refractivity contribution in [3.63, 3.8) is 0 Å². The average molecular weight is 283 g/mol. The Labute approximate surface area is 112 Å².